The number of β-lactam (4-membered cyclic amide) rings is 1. The number of anilines is 1. The molecular formula is C23H26N10O12S2. The number of methoxy groups -OCH3 is 1. The number of nitrogens with zero attached hydrogens (tertiary/aromatic N) is 6. The van der Waals surface area contributed by atoms with Crippen LogP contribution in [0.25, 0.3) is 11.5 Å². The Labute approximate surface area is 266 Å². The van der Waals surface area contributed by atoms with Crippen molar-refractivity contribution < 1.29 is 47.4 Å². The van der Waals surface area contributed by atoms with Crippen LogP contribution in [0.2, 0.25) is 0 Å². The summed E-state index contributed by atoms with van der Waals surface area (Å²) in [5, 5.41) is 29.7. The van der Waals surface area contributed by atoms with E-state index in [1.807, 2.05) is 0 Å². The fourth-order valence-corrected chi connectivity index (χ4v) is 5.12. The van der Waals surface area contributed by atoms with Crippen LogP contribution in [-0.2, 0) is 40.7 Å². The van der Waals surface area contributed by atoms with Crippen LogP contribution in [0.1, 0.15) is 19.5 Å². The van der Waals surface area contributed by atoms with Crippen LogP contribution < -0.4 is 26.9 Å². The van der Waals surface area contributed by atoms with Gasteiger partial charge in [-0.3, -0.25) is 23.9 Å². The Balaban J connectivity index is 1.50. The lowest BCUT2D eigenvalue weighted by molar-refractivity contribution is -0.161. The molecule has 252 valence electrons. The minimum absolute atomic E-state index is 0.0351. The molecule has 1 fully saturated rings. The molecule has 0 spiro atoms. The zero-order valence-electron chi connectivity index (χ0n) is 24.5. The van der Waals surface area contributed by atoms with Crippen molar-refractivity contribution in [1.29, 1.82) is 0 Å². The van der Waals surface area contributed by atoms with E-state index >= 15 is 0 Å². The molecule has 0 aromatic carbocycles. The molecule has 1 aliphatic heterocycles. The number of aromatic amines is 1. The van der Waals surface area contributed by atoms with E-state index in [0.717, 1.165) is 42.0 Å². The highest BCUT2D eigenvalue weighted by Gasteiger charge is 2.44. The number of carboxylic acids is 1. The number of rotatable bonds is 12. The predicted molar refractivity (Wildman–Crippen MR) is 158 cm³/mol. The summed E-state index contributed by atoms with van der Waals surface area (Å²) in [6.45, 7) is 1.47. The first-order valence-electron chi connectivity index (χ1n) is 13.0. The molecule has 0 radical (unpaired) electrons. The second-order valence-electron chi connectivity index (χ2n) is 9.99. The van der Waals surface area contributed by atoms with Crippen molar-refractivity contribution in [3.63, 3.8) is 0 Å². The Morgan fingerprint density at radius 1 is 1.28 bits per heavy atom. The normalized spacial score (nSPS) is 15.2. The lowest BCUT2D eigenvalue weighted by atomic mass is 10.1. The van der Waals surface area contributed by atoms with Crippen LogP contribution >= 0.6 is 11.3 Å². The number of imide groups is 1. The maximum Gasteiger partial charge on any atom is 0.362 e. The lowest BCUT2D eigenvalue weighted by Gasteiger charge is -2.36. The number of nitrogens with two attached hydrogens (primary N) is 1. The summed E-state index contributed by atoms with van der Waals surface area (Å²) in [7, 11) is -3.79. The summed E-state index contributed by atoms with van der Waals surface area (Å²) < 4.78 is 33.3. The van der Waals surface area contributed by atoms with Crippen LogP contribution in [0.5, 0.6) is 5.75 Å². The Kier molecular flexibility index (Phi) is 9.48. The highest BCUT2D eigenvalue weighted by molar-refractivity contribution is 7.88. The van der Waals surface area contributed by atoms with Gasteiger partial charge in [0, 0.05) is 24.8 Å². The summed E-state index contributed by atoms with van der Waals surface area (Å²) in [5.41, 5.74) is 0.816. The molecule has 4 rings (SSSR count). The standard InChI is InChI=1S/C23H26N10O12S2/c1-23(2,19(38)39)45-29-15(12-9-46-20(24)27-12)17(36)26-11-8-32(18(11)37)21(40)30-47(42,43)33-22(41)31(4-5-44-3)16(28-33)10-6-13(34)14(35)7-25-10/h6-7,9,11,35H,4-5,8H2,1-3H3,(H2,24,27)(H,25,34)(H,26,36)(H,30,40)(H,38,39)/t11-/m0/s1. The van der Waals surface area contributed by atoms with E-state index in [-0.39, 0.29) is 39.6 Å². The largest absolute Gasteiger partial charge is 0.503 e. The zero-order valence-corrected chi connectivity index (χ0v) is 26.1. The van der Waals surface area contributed by atoms with Crippen LogP contribution in [0.4, 0.5) is 9.93 Å². The van der Waals surface area contributed by atoms with Crippen LogP contribution in [0.3, 0.4) is 0 Å². The molecule has 22 nitrogen and oxygen atoms in total. The van der Waals surface area contributed by atoms with Crippen molar-refractivity contribution in [2.24, 2.45) is 5.16 Å². The Morgan fingerprint density at radius 2 is 1.98 bits per heavy atom. The van der Waals surface area contributed by atoms with Gasteiger partial charge >= 0.3 is 27.9 Å². The van der Waals surface area contributed by atoms with Gasteiger partial charge in [-0.2, -0.15) is 8.42 Å². The van der Waals surface area contributed by atoms with Crippen molar-refractivity contribution in [3.8, 4) is 17.3 Å². The van der Waals surface area contributed by atoms with Crippen molar-refractivity contribution >= 4 is 56.2 Å². The topological polar surface area (TPSA) is 313 Å². The molecule has 1 atom stereocenters. The number of amides is 4. The third-order valence-corrected chi connectivity index (χ3v) is 8.07. The van der Waals surface area contributed by atoms with Crippen molar-refractivity contribution in [2.75, 3.05) is 26.0 Å². The van der Waals surface area contributed by atoms with Gasteiger partial charge in [-0.15, -0.1) is 16.4 Å². The Bertz CT molecular complexity index is 2010. The molecular weight excluding hydrogens is 672 g/mol. The number of pyridine rings is 1. The molecule has 24 heteroatoms. The predicted octanol–water partition coefficient (Wildman–Crippen LogP) is -2.80. The molecule has 1 saturated heterocycles. The number of thiazole rings is 1. The first-order chi connectivity index (χ1) is 22.0. The molecule has 0 unspecified atom stereocenters. The van der Waals surface area contributed by atoms with E-state index in [0.29, 0.717) is 4.90 Å². The molecule has 7 N–H and O–H groups in total. The number of urea groups is 1. The number of aromatic hydroxyl groups is 1. The van der Waals surface area contributed by atoms with Gasteiger partial charge in [-0.25, -0.2) is 24.1 Å². The van der Waals surface area contributed by atoms with Gasteiger partial charge in [0.2, 0.25) is 11.0 Å². The first kappa shape index (κ1) is 34.3. The van der Waals surface area contributed by atoms with E-state index in [9.17, 15) is 47.4 Å². The minimum atomic E-state index is -5.10. The van der Waals surface area contributed by atoms with Gasteiger partial charge in [0.15, 0.2) is 22.4 Å². The van der Waals surface area contributed by atoms with Gasteiger partial charge < -0.3 is 35.8 Å². The third kappa shape index (κ3) is 7.12. The molecule has 4 amide bonds. The van der Waals surface area contributed by atoms with E-state index in [2.05, 4.69) is 25.5 Å². The monoisotopic (exact) mass is 698 g/mol. The number of ether oxygens (including phenoxy) is 1. The number of aliphatic carboxylic acids is 1. The van der Waals surface area contributed by atoms with Crippen molar-refractivity contribution in [3.05, 3.63) is 44.0 Å². The van der Waals surface area contributed by atoms with Gasteiger partial charge in [-0.1, -0.05) is 9.24 Å². The van der Waals surface area contributed by atoms with E-state index in [1.54, 1.807) is 0 Å². The van der Waals surface area contributed by atoms with E-state index < -0.39 is 74.8 Å². The number of H-pyrrole nitrogens is 1. The SMILES string of the molecule is COCCn1c(-c2cc(=O)c(O)c[nH]2)nn(S(=O)(=O)NC(=O)N2C[C@H](NC(=O)C(=NOC(C)(C)C(=O)O)c3csc(N)n3)C2=O)c1=O. The molecule has 3 aromatic heterocycles. The van der Waals surface area contributed by atoms with Gasteiger partial charge in [0.1, 0.15) is 11.7 Å². The highest BCUT2D eigenvalue weighted by Crippen LogP contribution is 2.17. The molecule has 47 heavy (non-hydrogen) atoms. The molecule has 3 aromatic rings. The lowest BCUT2D eigenvalue weighted by Crippen LogP contribution is -2.68. The maximum atomic E-state index is 13.0. The summed E-state index contributed by atoms with van der Waals surface area (Å²) in [4.78, 5) is 86.6. The van der Waals surface area contributed by atoms with Crippen LogP contribution in [-0.4, -0.2) is 109 Å². The maximum absolute atomic E-state index is 13.0. The average Bonchev–Trinajstić information content (AvgIpc) is 3.57. The highest BCUT2D eigenvalue weighted by atomic mass is 32.2. The van der Waals surface area contributed by atoms with Crippen molar-refractivity contribution in [2.45, 2.75) is 32.0 Å². The smallest absolute Gasteiger partial charge is 0.362 e. The summed E-state index contributed by atoms with van der Waals surface area (Å²) in [6.07, 6.45) is 0.897. The van der Waals surface area contributed by atoms with Crippen LogP contribution in [0.15, 0.2) is 32.4 Å². The van der Waals surface area contributed by atoms with Gasteiger partial charge in [-0.05, 0) is 13.8 Å². The summed E-state index contributed by atoms with van der Waals surface area (Å²) in [5.74, 6) is -4.54. The fourth-order valence-electron chi connectivity index (χ4n) is 3.66. The third-order valence-electron chi connectivity index (χ3n) is 6.27. The number of nitrogens with one attached hydrogen (secondary N) is 3. The number of likely N-dealkylation sites (tertiary alicyclic amines) is 1. The molecule has 1 aliphatic rings. The van der Waals surface area contributed by atoms with E-state index in [1.165, 1.54) is 17.2 Å². The second-order valence-corrected chi connectivity index (χ2v) is 12.4. The summed E-state index contributed by atoms with van der Waals surface area (Å²) in [6, 6.07) is -1.99. The summed E-state index contributed by atoms with van der Waals surface area (Å²) >= 11 is 0.930. The number of carboxylic acid groups (broad SMARTS) is 1. The molecule has 4 heterocycles. The molecule has 0 aliphatic carbocycles. The average molecular weight is 699 g/mol. The number of carbonyl (C=O) groups is 4. The zero-order chi connectivity index (χ0) is 34.8. The van der Waals surface area contributed by atoms with Gasteiger partial charge in [0.25, 0.3) is 11.8 Å². The number of carbonyl (C=O) groups excluding carboxylic acids is 3. The quantitative estimate of drug-likeness (QED) is 0.0632. The second kappa shape index (κ2) is 13.0. The number of nitrogen functional groups attached to an aromatic ring is 1. The number of oxime groups is 1. The van der Waals surface area contributed by atoms with E-state index in [4.69, 9.17) is 15.3 Å². The Hall–Kier alpha value is -5.62. The van der Waals surface area contributed by atoms with Gasteiger partial charge in [0.05, 0.1) is 25.4 Å². The molecule has 0 saturated carbocycles. The molecule has 0 bridgehead atoms. The minimum Gasteiger partial charge on any atom is -0.503 e. The number of aromatic nitrogens is 5. The number of hydrogen-bond acceptors (Lipinski definition) is 16. The first-order valence-corrected chi connectivity index (χ1v) is 15.3. The fraction of sp³-hybridized carbons (Fsp3) is 0.348. The Morgan fingerprint density at radius 3 is 2.55 bits per heavy atom. The van der Waals surface area contributed by atoms with Crippen LogP contribution in [0, 0.1) is 0 Å². The number of hydrogen-bond donors (Lipinski definition) is 6. The van der Waals surface area contributed by atoms with Crippen molar-refractivity contribution in [1.82, 2.24) is 38.7 Å².